The van der Waals surface area contributed by atoms with Crippen molar-refractivity contribution < 1.29 is 9.53 Å². The lowest BCUT2D eigenvalue weighted by Crippen LogP contribution is -2.23. The van der Waals surface area contributed by atoms with Gasteiger partial charge in [-0.05, 0) is 31.4 Å². The summed E-state index contributed by atoms with van der Waals surface area (Å²) in [5.74, 6) is 0.855. The SMILES string of the molecule is COc1cccc(NC(=O)[C@H]2CC[C@H](N)C2)c1. The van der Waals surface area contributed by atoms with Crippen molar-refractivity contribution in [3.05, 3.63) is 24.3 Å². The molecule has 0 unspecified atom stereocenters. The molecule has 0 bridgehead atoms. The monoisotopic (exact) mass is 234 g/mol. The van der Waals surface area contributed by atoms with Gasteiger partial charge in [0.2, 0.25) is 5.91 Å². The van der Waals surface area contributed by atoms with Crippen LogP contribution in [0.4, 0.5) is 5.69 Å². The van der Waals surface area contributed by atoms with Crippen molar-refractivity contribution >= 4 is 11.6 Å². The number of nitrogens with two attached hydrogens (primary N) is 1. The topological polar surface area (TPSA) is 64.3 Å². The summed E-state index contributed by atoms with van der Waals surface area (Å²) >= 11 is 0. The van der Waals surface area contributed by atoms with Gasteiger partial charge in [0.05, 0.1) is 7.11 Å². The molecule has 1 amide bonds. The Morgan fingerprint density at radius 2 is 2.29 bits per heavy atom. The van der Waals surface area contributed by atoms with Crippen molar-refractivity contribution in [2.75, 3.05) is 12.4 Å². The van der Waals surface area contributed by atoms with E-state index in [9.17, 15) is 4.79 Å². The second kappa shape index (κ2) is 5.19. The van der Waals surface area contributed by atoms with Crippen molar-refractivity contribution in [1.82, 2.24) is 0 Å². The highest BCUT2D eigenvalue weighted by molar-refractivity contribution is 5.92. The van der Waals surface area contributed by atoms with Crippen LogP contribution in [-0.4, -0.2) is 19.1 Å². The molecule has 1 fully saturated rings. The third kappa shape index (κ3) is 2.97. The number of methoxy groups -OCH3 is 1. The summed E-state index contributed by atoms with van der Waals surface area (Å²) in [6.45, 7) is 0. The molecule has 1 aromatic carbocycles. The molecular formula is C13H18N2O2. The summed E-state index contributed by atoms with van der Waals surface area (Å²) in [5, 5.41) is 2.90. The molecule has 0 spiro atoms. The predicted molar refractivity (Wildman–Crippen MR) is 66.9 cm³/mol. The molecule has 0 saturated heterocycles. The number of anilines is 1. The number of carbonyl (C=O) groups excluding carboxylic acids is 1. The molecule has 92 valence electrons. The molecule has 2 atom stereocenters. The van der Waals surface area contributed by atoms with Crippen LogP contribution in [-0.2, 0) is 4.79 Å². The van der Waals surface area contributed by atoms with Crippen LogP contribution in [0.1, 0.15) is 19.3 Å². The van der Waals surface area contributed by atoms with Gasteiger partial charge in [-0.1, -0.05) is 6.07 Å². The molecular weight excluding hydrogens is 216 g/mol. The van der Waals surface area contributed by atoms with Crippen LogP contribution >= 0.6 is 0 Å². The molecule has 2 rings (SSSR count). The summed E-state index contributed by atoms with van der Waals surface area (Å²) in [6, 6.07) is 7.55. The Bertz CT molecular complexity index is 406. The lowest BCUT2D eigenvalue weighted by molar-refractivity contribution is -0.119. The van der Waals surface area contributed by atoms with E-state index in [1.165, 1.54) is 0 Å². The number of ether oxygens (including phenoxy) is 1. The van der Waals surface area contributed by atoms with Crippen molar-refractivity contribution in [2.45, 2.75) is 25.3 Å². The average Bonchev–Trinajstić information content (AvgIpc) is 2.76. The van der Waals surface area contributed by atoms with Gasteiger partial charge in [-0.15, -0.1) is 0 Å². The maximum Gasteiger partial charge on any atom is 0.227 e. The van der Waals surface area contributed by atoms with Gasteiger partial charge in [-0.25, -0.2) is 0 Å². The lowest BCUT2D eigenvalue weighted by Gasteiger charge is -2.11. The fourth-order valence-corrected chi connectivity index (χ4v) is 2.20. The lowest BCUT2D eigenvalue weighted by atomic mass is 10.1. The second-order valence-electron chi connectivity index (χ2n) is 4.49. The van der Waals surface area contributed by atoms with E-state index in [-0.39, 0.29) is 17.9 Å². The predicted octanol–water partition coefficient (Wildman–Crippen LogP) is 1.76. The number of amides is 1. The van der Waals surface area contributed by atoms with Gasteiger partial charge in [0.15, 0.2) is 0 Å². The summed E-state index contributed by atoms with van der Waals surface area (Å²) in [5.41, 5.74) is 6.57. The number of rotatable bonds is 3. The summed E-state index contributed by atoms with van der Waals surface area (Å²) in [4.78, 5) is 12.0. The minimum atomic E-state index is 0.0520. The number of benzene rings is 1. The molecule has 17 heavy (non-hydrogen) atoms. The van der Waals surface area contributed by atoms with E-state index in [4.69, 9.17) is 10.5 Å². The normalized spacial score (nSPS) is 23.4. The Morgan fingerprint density at radius 3 is 2.94 bits per heavy atom. The van der Waals surface area contributed by atoms with Gasteiger partial charge in [-0.3, -0.25) is 4.79 Å². The van der Waals surface area contributed by atoms with Gasteiger partial charge in [0.1, 0.15) is 5.75 Å². The molecule has 0 radical (unpaired) electrons. The second-order valence-corrected chi connectivity index (χ2v) is 4.49. The van der Waals surface area contributed by atoms with Crippen LogP contribution in [0.3, 0.4) is 0 Å². The van der Waals surface area contributed by atoms with E-state index >= 15 is 0 Å². The summed E-state index contributed by atoms with van der Waals surface area (Å²) in [7, 11) is 1.61. The fourth-order valence-electron chi connectivity index (χ4n) is 2.20. The van der Waals surface area contributed by atoms with Crippen LogP contribution in [0, 0.1) is 5.92 Å². The Hall–Kier alpha value is -1.55. The van der Waals surface area contributed by atoms with Crippen LogP contribution in [0.5, 0.6) is 5.75 Å². The first-order valence-corrected chi connectivity index (χ1v) is 5.89. The van der Waals surface area contributed by atoms with Crippen LogP contribution in [0.15, 0.2) is 24.3 Å². The van der Waals surface area contributed by atoms with E-state index in [0.29, 0.717) is 0 Å². The summed E-state index contributed by atoms with van der Waals surface area (Å²) < 4.78 is 5.11. The van der Waals surface area contributed by atoms with E-state index in [2.05, 4.69) is 5.32 Å². The van der Waals surface area contributed by atoms with Crippen molar-refractivity contribution in [1.29, 1.82) is 0 Å². The van der Waals surface area contributed by atoms with Gasteiger partial charge >= 0.3 is 0 Å². The smallest absolute Gasteiger partial charge is 0.227 e. The zero-order valence-corrected chi connectivity index (χ0v) is 9.98. The Kier molecular flexibility index (Phi) is 3.64. The molecule has 1 aromatic rings. The highest BCUT2D eigenvalue weighted by Crippen LogP contribution is 2.26. The van der Waals surface area contributed by atoms with Gasteiger partial charge < -0.3 is 15.8 Å². The maximum atomic E-state index is 12.0. The van der Waals surface area contributed by atoms with E-state index in [1.807, 2.05) is 24.3 Å². The van der Waals surface area contributed by atoms with Gasteiger partial charge in [0, 0.05) is 23.7 Å². The zero-order chi connectivity index (χ0) is 12.3. The Labute approximate surface area is 101 Å². The van der Waals surface area contributed by atoms with Gasteiger partial charge in [-0.2, -0.15) is 0 Å². The Balaban J connectivity index is 1.98. The summed E-state index contributed by atoms with van der Waals surface area (Å²) in [6.07, 6.45) is 2.61. The maximum absolute atomic E-state index is 12.0. The van der Waals surface area contributed by atoms with Crippen LogP contribution < -0.4 is 15.8 Å². The Morgan fingerprint density at radius 1 is 1.47 bits per heavy atom. The molecule has 4 nitrogen and oxygen atoms in total. The highest BCUT2D eigenvalue weighted by Gasteiger charge is 2.27. The third-order valence-corrected chi connectivity index (χ3v) is 3.18. The average molecular weight is 234 g/mol. The van der Waals surface area contributed by atoms with E-state index in [0.717, 1.165) is 30.7 Å². The third-order valence-electron chi connectivity index (χ3n) is 3.18. The quantitative estimate of drug-likeness (QED) is 0.837. The molecule has 1 saturated carbocycles. The minimum Gasteiger partial charge on any atom is -0.497 e. The molecule has 0 aromatic heterocycles. The largest absolute Gasteiger partial charge is 0.497 e. The van der Waals surface area contributed by atoms with Crippen molar-refractivity contribution in [3.8, 4) is 5.75 Å². The van der Waals surface area contributed by atoms with Crippen LogP contribution in [0.25, 0.3) is 0 Å². The molecule has 4 heteroatoms. The molecule has 0 aliphatic heterocycles. The number of carbonyl (C=O) groups is 1. The van der Waals surface area contributed by atoms with Gasteiger partial charge in [0.25, 0.3) is 0 Å². The number of hydrogen-bond acceptors (Lipinski definition) is 3. The molecule has 0 heterocycles. The standard InChI is InChI=1S/C13H18N2O2/c1-17-12-4-2-3-11(8-12)15-13(16)9-5-6-10(14)7-9/h2-4,8-10H,5-7,14H2,1H3,(H,15,16)/t9-,10-/m0/s1. The highest BCUT2D eigenvalue weighted by atomic mass is 16.5. The molecule has 1 aliphatic carbocycles. The number of nitrogens with one attached hydrogen (secondary N) is 1. The molecule has 3 N–H and O–H groups in total. The fraction of sp³-hybridized carbons (Fsp3) is 0.462. The zero-order valence-electron chi connectivity index (χ0n) is 9.98. The van der Waals surface area contributed by atoms with E-state index in [1.54, 1.807) is 7.11 Å². The first kappa shape index (κ1) is 11.9. The first-order valence-electron chi connectivity index (χ1n) is 5.89. The molecule has 1 aliphatic rings. The van der Waals surface area contributed by atoms with E-state index < -0.39 is 0 Å². The van der Waals surface area contributed by atoms with Crippen molar-refractivity contribution in [3.63, 3.8) is 0 Å². The number of hydrogen-bond donors (Lipinski definition) is 2. The van der Waals surface area contributed by atoms with Crippen LogP contribution in [0.2, 0.25) is 0 Å². The minimum absolute atomic E-state index is 0.0520. The van der Waals surface area contributed by atoms with Crippen molar-refractivity contribution in [2.24, 2.45) is 11.7 Å². The first-order chi connectivity index (χ1) is 8.19.